The van der Waals surface area contributed by atoms with Crippen molar-refractivity contribution in [2.45, 2.75) is 6.92 Å². The summed E-state index contributed by atoms with van der Waals surface area (Å²) in [6.45, 7) is 1.86. The maximum atomic E-state index is 12.1. The van der Waals surface area contributed by atoms with Crippen LogP contribution in [0.5, 0.6) is 0 Å². The molecule has 0 unspecified atom stereocenters. The van der Waals surface area contributed by atoms with Crippen LogP contribution in [-0.4, -0.2) is 11.0 Å². The number of benzene rings is 1. The van der Waals surface area contributed by atoms with Crippen molar-refractivity contribution >= 4 is 42.0 Å². The molecule has 1 aromatic carbocycles. The van der Waals surface area contributed by atoms with Gasteiger partial charge in [-0.2, -0.15) is 0 Å². The molecule has 0 radical (unpaired) electrons. The molecule has 2 rings (SSSR count). The lowest BCUT2D eigenvalue weighted by Gasteiger charge is -2.19. The number of nitrogens with zero attached hydrogens (tertiary/aromatic N) is 2. The van der Waals surface area contributed by atoms with Crippen molar-refractivity contribution in [3.8, 4) is 0 Å². The van der Waals surface area contributed by atoms with E-state index in [9.17, 15) is 4.79 Å². The van der Waals surface area contributed by atoms with Crippen LogP contribution < -0.4 is 9.62 Å². The normalized spacial score (nSPS) is 10.1. The Kier molecular flexibility index (Phi) is 4.29. The van der Waals surface area contributed by atoms with Crippen molar-refractivity contribution in [2.24, 2.45) is 0 Å². The quantitative estimate of drug-likeness (QED) is 0.824. The zero-order valence-electron chi connectivity index (χ0n) is 10.2. The van der Waals surface area contributed by atoms with Crippen LogP contribution >= 0.6 is 24.4 Å². The second kappa shape index (κ2) is 5.95. The number of halogens is 1. The lowest BCUT2D eigenvalue weighted by Crippen LogP contribution is -2.27. The average Bonchev–Trinajstić information content (AvgIpc) is 2.39. The first-order chi connectivity index (χ1) is 9.09. The second-order valence-electron chi connectivity index (χ2n) is 3.86. The molecule has 1 aromatic heterocycles. The first kappa shape index (κ1) is 13.7. The minimum atomic E-state index is -0.418. The van der Waals surface area contributed by atoms with Gasteiger partial charge in [-0.3, -0.25) is 5.32 Å². The van der Waals surface area contributed by atoms with E-state index in [0.717, 1.165) is 5.56 Å². The van der Waals surface area contributed by atoms with Gasteiger partial charge in [0.1, 0.15) is 5.82 Å². The fraction of sp³-hybridized carbons (Fsp3) is 0.0769. The number of pyridine rings is 1. The Bertz CT molecular complexity index is 571. The van der Waals surface area contributed by atoms with Crippen LogP contribution in [0.4, 0.5) is 16.3 Å². The number of aromatic nitrogens is 1. The fourth-order valence-corrected chi connectivity index (χ4v) is 2.27. The minimum absolute atomic E-state index is 0.418. The van der Waals surface area contributed by atoms with Gasteiger partial charge in [0, 0.05) is 6.20 Å². The van der Waals surface area contributed by atoms with Gasteiger partial charge in [-0.25, -0.2) is 14.1 Å². The highest BCUT2D eigenvalue weighted by atomic mass is 35.5. The van der Waals surface area contributed by atoms with Crippen LogP contribution in [0.25, 0.3) is 0 Å². The Balaban J connectivity index is 2.20. The van der Waals surface area contributed by atoms with E-state index in [1.165, 1.54) is 4.31 Å². The molecule has 98 valence electrons. The van der Waals surface area contributed by atoms with Crippen molar-refractivity contribution in [2.75, 3.05) is 9.62 Å². The first-order valence-corrected chi connectivity index (χ1v) is 6.33. The van der Waals surface area contributed by atoms with Gasteiger partial charge in [0.25, 0.3) is 0 Å². The van der Waals surface area contributed by atoms with E-state index in [1.807, 2.05) is 19.1 Å². The van der Waals surface area contributed by atoms with Crippen LogP contribution in [0.15, 0.2) is 42.6 Å². The van der Waals surface area contributed by atoms with Crippen molar-refractivity contribution in [3.05, 3.63) is 53.2 Å². The standard InChI is InChI=1S/C13H12ClN3OS/c1-9-5-4-6-10(14)12(9)17(19)13(18)16-11-7-2-3-8-15-11/h2-8,19H,1H3,(H,15,16,18). The van der Waals surface area contributed by atoms with Gasteiger partial charge in [0.2, 0.25) is 0 Å². The molecule has 0 spiro atoms. The Morgan fingerprint density at radius 1 is 1.32 bits per heavy atom. The SMILES string of the molecule is Cc1cccc(Cl)c1N(S)C(=O)Nc1ccccn1. The number of para-hydroxylation sites is 1. The number of thiol groups is 1. The van der Waals surface area contributed by atoms with E-state index in [-0.39, 0.29) is 0 Å². The number of carbonyl (C=O) groups excluding carboxylic acids is 1. The van der Waals surface area contributed by atoms with Gasteiger partial charge in [-0.15, -0.1) is 0 Å². The zero-order chi connectivity index (χ0) is 13.8. The molecule has 0 aliphatic heterocycles. The highest BCUT2D eigenvalue weighted by Crippen LogP contribution is 2.30. The maximum absolute atomic E-state index is 12.1. The highest BCUT2D eigenvalue weighted by Gasteiger charge is 2.17. The molecule has 0 aliphatic carbocycles. The van der Waals surface area contributed by atoms with E-state index in [1.54, 1.807) is 30.5 Å². The predicted molar refractivity (Wildman–Crippen MR) is 80.9 cm³/mol. The number of hydrogen-bond donors (Lipinski definition) is 2. The minimum Gasteiger partial charge on any atom is -0.291 e. The number of hydrogen-bond acceptors (Lipinski definition) is 3. The summed E-state index contributed by atoms with van der Waals surface area (Å²) in [5.41, 5.74) is 1.42. The Labute approximate surface area is 122 Å². The largest absolute Gasteiger partial charge is 0.337 e. The Hall–Kier alpha value is -1.72. The molecule has 4 nitrogen and oxygen atoms in total. The molecule has 0 bridgehead atoms. The summed E-state index contributed by atoms with van der Waals surface area (Å²) < 4.78 is 1.17. The number of anilines is 2. The lowest BCUT2D eigenvalue weighted by molar-refractivity contribution is 0.260. The number of urea groups is 1. The lowest BCUT2D eigenvalue weighted by atomic mass is 10.2. The molecule has 19 heavy (non-hydrogen) atoms. The number of aryl methyl sites for hydroxylation is 1. The summed E-state index contributed by atoms with van der Waals surface area (Å²) >= 11 is 10.3. The van der Waals surface area contributed by atoms with Crippen molar-refractivity contribution in [1.82, 2.24) is 4.98 Å². The molecule has 0 saturated carbocycles. The van der Waals surface area contributed by atoms with Crippen LogP contribution in [0.2, 0.25) is 5.02 Å². The van der Waals surface area contributed by atoms with Crippen LogP contribution in [-0.2, 0) is 0 Å². The molecule has 0 saturated heterocycles. The van der Waals surface area contributed by atoms with Gasteiger partial charge < -0.3 is 0 Å². The van der Waals surface area contributed by atoms with E-state index >= 15 is 0 Å². The van der Waals surface area contributed by atoms with Gasteiger partial charge in [0.15, 0.2) is 0 Å². The topological polar surface area (TPSA) is 45.2 Å². The Morgan fingerprint density at radius 2 is 2.11 bits per heavy atom. The predicted octanol–water partition coefficient (Wildman–Crippen LogP) is 3.93. The molecule has 2 amide bonds. The fourth-order valence-electron chi connectivity index (χ4n) is 1.59. The second-order valence-corrected chi connectivity index (χ2v) is 4.67. The molecule has 6 heteroatoms. The third-order valence-corrected chi connectivity index (χ3v) is 3.18. The molecule has 0 aliphatic rings. The zero-order valence-corrected chi connectivity index (χ0v) is 11.8. The van der Waals surface area contributed by atoms with Gasteiger partial charge in [0.05, 0.1) is 10.7 Å². The summed E-state index contributed by atoms with van der Waals surface area (Å²) in [7, 11) is 0. The molecule has 2 aromatic rings. The highest BCUT2D eigenvalue weighted by molar-refractivity contribution is 7.82. The number of amides is 2. The molecule has 1 N–H and O–H groups in total. The third-order valence-electron chi connectivity index (χ3n) is 2.49. The van der Waals surface area contributed by atoms with Crippen LogP contribution in [0, 0.1) is 6.92 Å². The summed E-state index contributed by atoms with van der Waals surface area (Å²) in [4.78, 5) is 16.1. The molecular formula is C13H12ClN3OS. The van der Waals surface area contributed by atoms with Gasteiger partial charge in [-0.05, 0) is 30.7 Å². The Morgan fingerprint density at radius 3 is 2.74 bits per heavy atom. The van der Waals surface area contributed by atoms with E-state index in [4.69, 9.17) is 11.6 Å². The summed E-state index contributed by atoms with van der Waals surface area (Å²) in [6, 6.07) is 10.2. The summed E-state index contributed by atoms with van der Waals surface area (Å²) in [5, 5.41) is 3.10. The van der Waals surface area contributed by atoms with E-state index < -0.39 is 6.03 Å². The van der Waals surface area contributed by atoms with Crippen LogP contribution in [0.3, 0.4) is 0 Å². The molecular weight excluding hydrogens is 282 g/mol. The van der Waals surface area contributed by atoms with Crippen molar-refractivity contribution < 1.29 is 4.79 Å². The number of carbonyl (C=O) groups is 1. The first-order valence-electron chi connectivity index (χ1n) is 5.55. The van der Waals surface area contributed by atoms with Gasteiger partial charge >= 0.3 is 6.03 Å². The number of nitrogens with one attached hydrogen (secondary N) is 1. The van der Waals surface area contributed by atoms with Crippen LogP contribution in [0.1, 0.15) is 5.56 Å². The summed E-state index contributed by atoms with van der Waals surface area (Å²) in [6.07, 6.45) is 1.60. The third kappa shape index (κ3) is 3.19. The number of rotatable bonds is 2. The monoisotopic (exact) mass is 293 g/mol. The van der Waals surface area contributed by atoms with E-state index in [2.05, 4.69) is 23.1 Å². The van der Waals surface area contributed by atoms with Gasteiger partial charge in [-0.1, -0.05) is 42.6 Å². The van der Waals surface area contributed by atoms with Crippen molar-refractivity contribution in [1.29, 1.82) is 0 Å². The molecule has 0 fully saturated rings. The average molecular weight is 294 g/mol. The van der Waals surface area contributed by atoms with E-state index in [0.29, 0.717) is 16.5 Å². The summed E-state index contributed by atoms with van der Waals surface area (Å²) in [5.74, 6) is 0.455. The smallest absolute Gasteiger partial charge is 0.291 e. The molecule has 0 atom stereocenters. The maximum Gasteiger partial charge on any atom is 0.337 e. The molecule has 1 heterocycles. The van der Waals surface area contributed by atoms with Crippen molar-refractivity contribution in [3.63, 3.8) is 0 Å².